The summed E-state index contributed by atoms with van der Waals surface area (Å²) < 4.78 is 30.0. The highest BCUT2D eigenvalue weighted by Gasteiger charge is 2.48. The molecule has 0 aromatic heterocycles. The molecule has 0 radical (unpaired) electrons. The van der Waals surface area contributed by atoms with E-state index >= 15 is 4.57 Å². The van der Waals surface area contributed by atoms with Crippen LogP contribution in [0, 0.1) is 0 Å². The number of fused-ring (bicyclic) bond motifs is 4. The smallest absolute Gasteiger partial charge is 0.185 e. The van der Waals surface area contributed by atoms with Gasteiger partial charge < -0.3 is 14.0 Å². The lowest BCUT2D eigenvalue weighted by Crippen LogP contribution is -2.36. The molecule has 0 aliphatic carbocycles. The Balaban J connectivity index is 1.45. The number of allylic oxidation sites excluding steroid dienone is 4. The second-order valence-corrected chi connectivity index (χ2v) is 14.3. The summed E-state index contributed by atoms with van der Waals surface area (Å²) in [6, 6.07) is 44.9. The van der Waals surface area contributed by atoms with E-state index in [1.165, 1.54) is 0 Å². The van der Waals surface area contributed by atoms with Gasteiger partial charge in [-0.1, -0.05) is 121 Å². The zero-order valence-electron chi connectivity index (χ0n) is 25.6. The summed E-state index contributed by atoms with van der Waals surface area (Å²) in [6.07, 6.45) is 6.09. The molecule has 3 nitrogen and oxygen atoms in total. The molecular formula is C42H31O3P. The molecule has 0 saturated carbocycles. The molecule has 0 amide bonds. The third kappa shape index (κ3) is 4.47. The van der Waals surface area contributed by atoms with Gasteiger partial charge in [-0.15, -0.1) is 0 Å². The van der Waals surface area contributed by atoms with Gasteiger partial charge in [0.15, 0.2) is 7.14 Å². The lowest BCUT2D eigenvalue weighted by Gasteiger charge is -2.37. The second-order valence-electron chi connectivity index (χ2n) is 11.6. The highest BCUT2D eigenvalue weighted by molar-refractivity contribution is 7.86. The minimum atomic E-state index is -3.47. The first-order chi connectivity index (χ1) is 22.6. The Morgan fingerprint density at radius 2 is 1.09 bits per heavy atom. The van der Waals surface area contributed by atoms with E-state index in [2.05, 4.69) is 67.6 Å². The Morgan fingerprint density at radius 1 is 0.587 bits per heavy atom. The van der Waals surface area contributed by atoms with E-state index in [-0.39, 0.29) is 0 Å². The fourth-order valence-electron chi connectivity index (χ4n) is 6.50. The minimum Gasteiger partial charge on any atom is -0.455 e. The van der Waals surface area contributed by atoms with Crippen LogP contribution in [0.4, 0.5) is 0 Å². The van der Waals surface area contributed by atoms with Gasteiger partial charge in [-0.3, -0.25) is 0 Å². The molecule has 2 aliphatic rings. The summed E-state index contributed by atoms with van der Waals surface area (Å²) >= 11 is 0. The first-order valence-corrected chi connectivity index (χ1v) is 17.2. The van der Waals surface area contributed by atoms with Crippen LogP contribution in [0.3, 0.4) is 0 Å². The molecule has 0 bridgehead atoms. The van der Waals surface area contributed by atoms with Crippen LogP contribution < -0.4 is 25.4 Å². The van der Waals surface area contributed by atoms with Crippen LogP contribution in [-0.4, -0.2) is 0 Å². The van der Waals surface area contributed by atoms with Crippen molar-refractivity contribution in [3.05, 3.63) is 157 Å². The largest absolute Gasteiger partial charge is 0.455 e. The first kappa shape index (κ1) is 28.1. The van der Waals surface area contributed by atoms with E-state index in [0.717, 1.165) is 44.5 Å². The molecule has 0 spiro atoms. The third-order valence-electron chi connectivity index (χ3n) is 8.81. The monoisotopic (exact) mass is 614 g/mol. The molecule has 4 heteroatoms. The average Bonchev–Trinajstić information content (AvgIpc) is 3.11. The average molecular weight is 615 g/mol. The van der Waals surface area contributed by atoms with Crippen LogP contribution in [0.5, 0.6) is 23.0 Å². The van der Waals surface area contributed by atoms with Crippen LogP contribution in [0.1, 0.15) is 19.4 Å². The molecule has 0 saturated heterocycles. The Bertz CT molecular complexity index is 2220. The highest BCUT2D eigenvalue weighted by atomic mass is 31.2. The van der Waals surface area contributed by atoms with Crippen molar-refractivity contribution < 1.29 is 14.0 Å². The summed E-state index contributed by atoms with van der Waals surface area (Å²) in [7, 11) is -3.47. The van der Waals surface area contributed by atoms with Gasteiger partial charge in [0, 0.05) is 11.1 Å². The number of rotatable bonds is 5. The molecule has 2 heterocycles. The topological polar surface area (TPSA) is 35.5 Å². The molecule has 222 valence electrons. The fourth-order valence-corrected chi connectivity index (χ4v) is 9.56. The maximum Gasteiger partial charge on any atom is 0.185 e. The maximum absolute atomic E-state index is 16.2. The summed E-state index contributed by atoms with van der Waals surface area (Å²) in [5.41, 5.74) is 7.92. The van der Waals surface area contributed by atoms with Gasteiger partial charge in [0.25, 0.3) is 0 Å². The summed E-state index contributed by atoms with van der Waals surface area (Å²) in [6.45, 7) is 4.07. The molecule has 2 aliphatic heterocycles. The molecule has 46 heavy (non-hydrogen) atoms. The molecule has 0 N–H and O–H groups in total. The van der Waals surface area contributed by atoms with E-state index in [1.54, 1.807) is 0 Å². The van der Waals surface area contributed by atoms with Crippen LogP contribution in [0.2, 0.25) is 0 Å². The van der Waals surface area contributed by atoms with Gasteiger partial charge in [0.2, 0.25) is 0 Å². The standard InChI is InChI=1S/C42H31O3P/c1-3-4-14-28(2)34-27-35(31-19-12-7-13-20-31)41-42-40(34)44-36-25-32(29-15-8-5-9-16-29)21-23-38(36)46(42,43)39-24-22-33(26-37(39)45-41)30-17-10-6-11-18-30/h3-27H,1-2H3/b4-3-,28-14+. The molecule has 8 rings (SSSR count). The number of hydrogen-bond donors (Lipinski definition) is 0. The highest BCUT2D eigenvalue weighted by Crippen LogP contribution is 2.61. The Kier molecular flexibility index (Phi) is 6.86. The van der Waals surface area contributed by atoms with Gasteiger partial charge in [-0.05, 0) is 77.6 Å². The zero-order chi connectivity index (χ0) is 31.3. The predicted molar refractivity (Wildman–Crippen MR) is 191 cm³/mol. The normalized spacial score (nSPS) is 16.2. The predicted octanol–water partition coefficient (Wildman–Crippen LogP) is 10.5. The van der Waals surface area contributed by atoms with Crippen molar-refractivity contribution in [2.45, 2.75) is 13.8 Å². The quantitative estimate of drug-likeness (QED) is 0.143. The molecule has 0 fully saturated rings. The van der Waals surface area contributed by atoms with Crippen molar-refractivity contribution >= 4 is 28.6 Å². The number of ether oxygens (including phenoxy) is 2. The first-order valence-electron chi connectivity index (χ1n) is 15.5. The van der Waals surface area contributed by atoms with Crippen molar-refractivity contribution in [2.75, 3.05) is 0 Å². The third-order valence-corrected chi connectivity index (χ3v) is 11.9. The van der Waals surface area contributed by atoms with Gasteiger partial charge in [0.1, 0.15) is 28.3 Å². The van der Waals surface area contributed by atoms with Crippen LogP contribution in [0.25, 0.3) is 39.0 Å². The van der Waals surface area contributed by atoms with E-state index in [0.29, 0.717) is 38.9 Å². The SMILES string of the molecule is C/C=C\C=C(/C)c1cc(-c2ccccc2)c2c3c1Oc1cc(-c4ccccc4)ccc1P3(=O)c1ccc(-c3ccccc3)cc1O2. The van der Waals surface area contributed by atoms with E-state index in [4.69, 9.17) is 9.47 Å². The van der Waals surface area contributed by atoms with Crippen molar-refractivity contribution in [1.82, 2.24) is 0 Å². The van der Waals surface area contributed by atoms with Crippen molar-refractivity contribution in [3.63, 3.8) is 0 Å². The molecule has 1 atom stereocenters. The fraction of sp³-hybridized carbons (Fsp3) is 0.0476. The van der Waals surface area contributed by atoms with Gasteiger partial charge in [0.05, 0.1) is 10.6 Å². The maximum atomic E-state index is 16.2. The molecular weight excluding hydrogens is 583 g/mol. The molecule has 6 aromatic carbocycles. The van der Waals surface area contributed by atoms with Crippen molar-refractivity contribution in [2.24, 2.45) is 0 Å². The van der Waals surface area contributed by atoms with Gasteiger partial charge in [-0.25, -0.2) is 0 Å². The molecule has 1 unspecified atom stereocenters. The second kappa shape index (κ2) is 11.2. The van der Waals surface area contributed by atoms with Crippen molar-refractivity contribution in [1.29, 1.82) is 0 Å². The Labute approximate surface area is 269 Å². The van der Waals surface area contributed by atoms with Crippen LogP contribution in [-0.2, 0) is 4.57 Å². The molecule has 6 aromatic rings. The number of benzene rings is 6. The lowest BCUT2D eigenvalue weighted by atomic mass is 9.96. The Morgan fingerprint density at radius 3 is 1.61 bits per heavy atom. The lowest BCUT2D eigenvalue weighted by molar-refractivity contribution is 0.462. The van der Waals surface area contributed by atoms with Crippen molar-refractivity contribution in [3.8, 4) is 56.4 Å². The zero-order valence-corrected chi connectivity index (χ0v) is 26.5. The summed E-state index contributed by atoms with van der Waals surface area (Å²) in [4.78, 5) is 0. The minimum absolute atomic E-state index is 0.586. The van der Waals surface area contributed by atoms with E-state index in [1.807, 2.05) is 97.9 Å². The van der Waals surface area contributed by atoms with Crippen LogP contribution >= 0.6 is 7.14 Å². The summed E-state index contributed by atoms with van der Waals surface area (Å²) in [5, 5.41) is 1.99. The van der Waals surface area contributed by atoms with Crippen LogP contribution in [0.15, 0.2) is 152 Å². The number of hydrogen-bond acceptors (Lipinski definition) is 3. The van der Waals surface area contributed by atoms with E-state index in [9.17, 15) is 0 Å². The van der Waals surface area contributed by atoms with E-state index < -0.39 is 7.14 Å². The summed E-state index contributed by atoms with van der Waals surface area (Å²) in [5.74, 6) is 2.39. The Hall–Kier alpha value is -5.37. The van der Waals surface area contributed by atoms with Gasteiger partial charge in [-0.2, -0.15) is 0 Å². The van der Waals surface area contributed by atoms with Gasteiger partial charge >= 0.3 is 0 Å².